The van der Waals surface area contributed by atoms with Crippen LogP contribution in [0.2, 0.25) is 0 Å². The lowest BCUT2D eigenvalue weighted by atomic mass is 9.74. The molecule has 1 fully saturated rings. The zero-order chi connectivity index (χ0) is 15.1. The van der Waals surface area contributed by atoms with E-state index in [1.807, 2.05) is 32.6 Å². The summed E-state index contributed by atoms with van der Waals surface area (Å²) in [5.41, 5.74) is 5.30. The van der Waals surface area contributed by atoms with Gasteiger partial charge < -0.3 is 10.6 Å². The summed E-state index contributed by atoms with van der Waals surface area (Å²) in [6, 6.07) is 0. The molecule has 4 nitrogen and oxygen atoms in total. The Morgan fingerprint density at radius 2 is 1.32 bits per heavy atom. The van der Waals surface area contributed by atoms with E-state index in [9.17, 15) is 4.79 Å². The lowest BCUT2D eigenvalue weighted by molar-refractivity contribution is -0.146. The number of amides is 1. The van der Waals surface area contributed by atoms with E-state index in [1.165, 1.54) is 0 Å². The molecule has 0 unspecified atom stereocenters. The summed E-state index contributed by atoms with van der Waals surface area (Å²) in [7, 11) is 0. The van der Waals surface area contributed by atoms with Crippen LogP contribution in [0.4, 0.5) is 0 Å². The highest BCUT2D eigenvalue weighted by Gasteiger charge is 2.43. The van der Waals surface area contributed by atoms with Gasteiger partial charge in [0, 0.05) is 37.3 Å². The fourth-order valence-corrected chi connectivity index (χ4v) is 2.25. The highest BCUT2D eigenvalue weighted by molar-refractivity contribution is 5.83. The van der Waals surface area contributed by atoms with Gasteiger partial charge in [-0.05, 0) is 48.5 Å². The number of carbonyl (C=O) groups is 1. The molecule has 19 heavy (non-hydrogen) atoms. The zero-order valence-electron chi connectivity index (χ0n) is 13.7. The maximum absolute atomic E-state index is 12.7. The molecule has 0 bridgehead atoms. The highest BCUT2D eigenvalue weighted by atomic mass is 16.2. The van der Waals surface area contributed by atoms with Crippen molar-refractivity contribution < 1.29 is 4.79 Å². The lowest BCUT2D eigenvalue weighted by Gasteiger charge is -2.46. The molecule has 1 heterocycles. The molecule has 4 heteroatoms. The second-order valence-electron chi connectivity index (χ2n) is 7.80. The zero-order valence-corrected chi connectivity index (χ0v) is 13.7. The first-order valence-electron chi connectivity index (χ1n) is 7.20. The summed E-state index contributed by atoms with van der Waals surface area (Å²) in [5, 5.41) is 0. The van der Waals surface area contributed by atoms with E-state index in [0.717, 1.165) is 26.2 Å². The van der Waals surface area contributed by atoms with E-state index >= 15 is 0 Å². The molecule has 0 saturated carbocycles. The Hall–Kier alpha value is -0.610. The van der Waals surface area contributed by atoms with Crippen molar-refractivity contribution in [2.24, 2.45) is 11.1 Å². The fourth-order valence-electron chi connectivity index (χ4n) is 2.25. The maximum atomic E-state index is 12.7. The molecule has 0 aromatic heterocycles. The largest absolute Gasteiger partial charge is 0.340 e. The molecule has 2 N–H and O–H groups in total. The van der Waals surface area contributed by atoms with Gasteiger partial charge in [0.25, 0.3) is 0 Å². The minimum atomic E-state index is -0.531. The third kappa shape index (κ3) is 3.48. The Kier molecular flexibility index (Phi) is 4.38. The van der Waals surface area contributed by atoms with Gasteiger partial charge in [-0.15, -0.1) is 0 Å². The molecule has 1 aliphatic heterocycles. The quantitative estimate of drug-likeness (QED) is 0.830. The van der Waals surface area contributed by atoms with Crippen LogP contribution in [-0.2, 0) is 4.79 Å². The van der Waals surface area contributed by atoms with Gasteiger partial charge in [-0.2, -0.15) is 0 Å². The predicted octanol–water partition coefficient (Wildman–Crippen LogP) is 1.69. The van der Waals surface area contributed by atoms with Gasteiger partial charge in [0.1, 0.15) is 0 Å². The molecule has 0 aromatic rings. The third-order valence-electron chi connectivity index (χ3n) is 4.66. The van der Waals surface area contributed by atoms with Crippen molar-refractivity contribution in [1.82, 2.24) is 9.80 Å². The minimum absolute atomic E-state index is 0.175. The van der Waals surface area contributed by atoms with Crippen molar-refractivity contribution in [2.45, 2.75) is 59.5 Å². The molecule has 1 amide bonds. The summed E-state index contributed by atoms with van der Waals surface area (Å²) >= 11 is 0. The van der Waals surface area contributed by atoms with Crippen molar-refractivity contribution in [3.05, 3.63) is 0 Å². The fraction of sp³-hybridized carbons (Fsp3) is 0.933. The van der Waals surface area contributed by atoms with Crippen LogP contribution in [0.3, 0.4) is 0 Å². The van der Waals surface area contributed by atoms with Crippen LogP contribution >= 0.6 is 0 Å². The number of piperazine rings is 1. The van der Waals surface area contributed by atoms with Crippen LogP contribution in [0, 0.1) is 5.41 Å². The van der Waals surface area contributed by atoms with Gasteiger partial charge in [-0.1, -0.05) is 0 Å². The first-order valence-corrected chi connectivity index (χ1v) is 7.20. The van der Waals surface area contributed by atoms with E-state index in [0.29, 0.717) is 0 Å². The van der Waals surface area contributed by atoms with E-state index in [2.05, 4.69) is 25.7 Å². The number of nitrogens with two attached hydrogens (primary N) is 1. The van der Waals surface area contributed by atoms with E-state index in [-0.39, 0.29) is 11.4 Å². The summed E-state index contributed by atoms with van der Waals surface area (Å²) in [4.78, 5) is 17.0. The molecule has 1 rings (SSSR count). The van der Waals surface area contributed by atoms with Crippen molar-refractivity contribution in [3.8, 4) is 0 Å². The Labute approximate surface area is 118 Å². The highest BCUT2D eigenvalue weighted by Crippen LogP contribution is 2.31. The summed E-state index contributed by atoms with van der Waals surface area (Å²) in [6.07, 6.45) is 0. The first kappa shape index (κ1) is 16.4. The number of hydrogen-bond donors (Lipinski definition) is 1. The summed E-state index contributed by atoms with van der Waals surface area (Å²) in [6.45, 7) is 17.9. The van der Waals surface area contributed by atoms with E-state index in [1.54, 1.807) is 0 Å². The average Bonchev–Trinajstić information content (AvgIpc) is 2.25. The monoisotopic (exact) mass is 269 g/mol. The Bertz CT molecular complexity index is 328. The number of nitrogens with zero attached hydrogens (tertiary/aromatic N) is 2. The van der Waals surface area contributed by atoms with Crippen molar-refractivity contribution in [2.75, 3.05) is 26.2 Å². The molecule has 0 atom stereocenters. The lowest BCUT2D eigenvalue weighted by Crippen LogP contribution is -2.61. The summed E-state index contributed by atoms with van der Waals surface area (Å²) in [5.74, 6) is 0.175. The van der Waals surface area contributed by atoms with Crippen LogP contribution in [-0.4, -0.2) is 53.0 Å². The third-order valence-corrected chi connectivity index (χ3v) is 4.66. The first-order chi connectivity index (χ1) is 8.37. The van der Waals surface area contributed by atoms with Crippen LogP contribution in [0.15, 0.2) is 0 Å². The van der Waals surface area contributed by atoms with E-state index in [4.69, 9.17) is 5.73 Å². The number of rotatable bonds is 2. The number of hydrogen-bond acceptors (Lipinski definition) is 3. The van der Waals surface area contributed by atoms with Crippen molar-refractivity contribution in [1.29, 1.82) is 0 Å². The Morgan fingerprint density at radius 3 is 1.63 bits per heavy atom. The van der Waals surface area contributed by atoms with Gasteiger partial charge in [-0.3, -0.25) is 9.69 Å². The standard InChI is InChI=1S/C15H31N3O/c1-13(2,3)18-10-8-17(9-11-18)12(19)14(4,5)15(6,7)16/h8-11,16H2,1-7H3. The second kappa shape index (κ2) is 5.06. The van der Waals surface area contributed by atoms with Gasteiger partial charge in [0.05, 0.1) is 5.41 Å². The van der Waals surface area contributed by atoms with Crippen LogP contribution in [0.25, 0.3) is 0 Å². The summed E-state index contributed by atoms with van der Waals surface area (Å²) < 4.78 is 0. The molecule has 0 spiro atoms. The van der Waals surface area contributed by atoms with Crippen molar-refractivity contribution >= 4 is 5.91 Å². The Morgan fingerprint density at radius 1 is 0.895 bits per heavy atom. The van der Waals surface area contributed by atoms with Gasteiger partial charge in [0.2, 0.25) is 5.91 Å². The van der Waals surface area contributed by atoms with Crippen LogP contribution in [0.1, 0.15) is 48.5 Å². The van der Waals surface area contributed by atoms with E-state index < -0.39 is 11.0 Å². The minimum Gasteiger partial charge on any atom is -0.340 e. The molecule has 0 radical (unpaired) electrons. The van der Waals surface area contributed by atoms with Crippen LogP contribution in [0.5, 0.6) is 0 Å². The smallest absolute Gasteiger partial charge is 0.230 e. The SMILES string of the molecule is CC(C)(C)N1CCN(C(=O)C(C)(C)C(C)(C)N)CC1. The second-order valence-corrected chi connectivity index (χ2v) is 7.80. The predicted molar refractivity (Wildman–Crippen MR) is 80.0 cm³/mol. The van der Waals surface area contributed by atoms with Gasteiger partial charge in [-0.25, -0.2) is 0 Å². The molecule has 0 aliphatic carbocycles. The average molecular weight is 269 g/mol. The molecule has 0 aromatic carbocycles. The van der Waals surface area contributed by atoms with Crippen LogP contribution < -0.4 is 5.73 Å². The molecule has 112 valence electrons. The van der Waals surface area contributed by atoms with Gasteiger partial charge >= 0.3 is 0 Å². The maximum Gasteiger partial charge on any atom is 0.230 e. The topological polar surface area (TPSA) is 49.6 Å². The van der Waals surface area contributed by atoms with Gasteiger partial charge in [0.15, 0.2) is 0 Å². The Balaban J connectivity index is 2.69. The molecular weight excluding hydrogens is 238 g/mol. The number of carbonyl (C=O) groups excluding carboxylic acids is 1. The normalized spacial score (nSPS) is 19.7. The van der Waals surface area contributed by atoms with Crippen molar-refractivity contribution in [3.63, 3.8) is 0 Å². The molecule has 1 aliphatic rings. The molecular formula is C15H31N3O. The molecule has 1 saturated heterocycles.